The lowest BCUT2D eigenvalue weighted by Gasteiger charge is -1.94. The lowest BCUT2D eigenvalue weighted by Crippen LogP contribution is -1.93. The fraction of sp³-hybridized carbons (Fsp3) is 0. The number of hydrogen-bond acceptors (Lipinski definition) is 7. The van der Waals surface area contributed by atoms with E-state index in [0.29, 0.717) is 16.5 Å². The van der Waals surface area contributed by atoms with Crippen molar-refractivity contribution in [2.75, 3.05) is 0 Å². The Morgan fingerprint density at radius 3 is 2.90 bits per heavy atom. The van der Waals surface area contributed by atoms with Gasteiger partial charge in [-0.3, -0.25) is 10.1 Å². The topological polar surface area (TPSA) is 97.5 Å². The van der Waals surface area contributed by atoms with Crippen molar-refractivity contribution in [3.05, 3.63) is 29.3 Å². The highest BCUT2D eigenvalue weighted by Gasteiger charge is 2.17. The molecule has 0 aliphatic heterocycles. The Morgan fingerprint density at radius 2 is 2.15 bits per heavy atom. The van der Waals surface area contributed by atoms with Gasteiger partial charge >= 0.3 is 0 Å². The highest BCUT2D eigenvalue weighted by atomic mass is 79.9. The molecule has 0 radical (unpaired) electrons. The van der Waals surface area contributed by atoms with E-state index < -0.39 is 0 Å². The molecule has 20 heavy (non-hydrogen) atoms. The molecular formula is C10H5BrN8S. The Balaban J connectivity index is 1.90. The van der Waals surface area contributed by atoms with Crippen molar-refractivity contribution in [1.82, 2.24) is 40.0 Å². The van der Waals surface area contributed by atoms with Crippen molar-refractivity contribution in [3.8, 4) is 22.2 Å². The van der Waals surface area contributed by atoms with Crippen molar-refractivity contribution >= 4 is 32.2 Å². The normalized spacial score (nSPS) is 11.2. The molecule has 4 heterocycles. The molecule has 4 aromatic heterocycles. The van der Waals surface area contributed by atoms with Crippen LogP contribution < -0.4 is 0 Å². The van der Waals surface area contributed by atoms with E-state index in [4.69, 9.17) is 0 Å². The molecule has 0 aliphatic carbocycles. The SMILES string of the molecule is Brc1cn[nH]c1-c1nn2c(-c3cnccn3)nnc2s1. The van der Waals surface area contributed by atoms with Gasteiger partial charge in [0, 0.05) is 12.4 Å². The molecule has 4 aromatic rings. The van der Waals surface area contributed by atoms with Crippen LogP contribution in [0, 0.1) is 0 Å². The molecule has 4 rings (SSSR count). The Kier molecular flexibility index (Phi) is 2.57. The summed E-state index contributed by atoms with van der Waals surface area (Å²) >= 11 is 4.83. The minimum absolute atomic E-state index is 0.561. The second-order valence-electron chi connectivity index (χ2n) is 3.81. The zero-order valence-electron chi connectivity index (χ0n) is 9.73. The Hall–Kier alpha value is -2.20. The summed E-state index contributed by atoms with van der Waals surface area (Å²) in [7, 11) is 0. The van der Waals surface area contributed by atoms with Gasteiger partial charge in [0.15, 0.2) is 5.01 Å². The van der Waals surface area contributed by atoms with Gasteiger partial charge in [-0.15, -0.1) is 10.2 Å². The molecule has 0 fully saturated rings. The number of rotatable bonds is 2. The first kappa shape index (κ1) is 11.6. The number of nitrogens with zero attached hydrogens (tertiary/aromatic N) is 7. The summed E-state index contributed by atoms with van der Waals surface area (Å²) < 4.78 is 2.50. The molecular weight excluding hydrogens is 344 g/mol. The molecule has 0 saturated carbocycles. The third-order valence-electron chi connectivity index (χ3n) is 2.59. The Bertz CT molecular complexity index is 879. The highest BCUT2D eigenvalue weighted by Crippen LogP contribution is 2.30. The molecule has 98 valence electrons. The Labute approximate surface area is 124 Å². The van der Waals surface area contributed by atoms with Gasteiger partial charge in [-0.05, 0) is 15.9 Å². The van der Waals surface area contributed by atoms with Crippen molar-refractivity contribution in [2.24, 2.45) is 0 Å². The van der Waals surface area contributed by atoms with Crippen LogP contribution in [0.25, 0.3) is 27.2 Å². The zero-order valence-corrected chi connectivity index (χ0v) is 12.1. The van der Waals surface area contributed by atoms with Crippen molar-refractivity contribution in [3.63, 3.8) is 0 Å². The number of aromatic nitrogens is 8. The van der Waals surface area contributed by atoms with Gasteiger partial charge in [0.2, 0.25) is 10.8 Å². The standard InChI is InChI=1S/C10H5BrN8S/c11-5-3-14-15-7(5)9-18-19-8(16-17-10(19)20-9)6-4-12-1-2-13-6/h1-4H,(H,14,15). The third kappa shape index (κ3) is 1.72. The first-order valence-electron chi connectivity index (χ1n) is 5.51. The van der Waals surface area contributed by atoms with E-state index in [1.54, 1.807) is 29.3 Å². The third-order valence-corrected chi connectivity index (χ3v) is 4.11. The monoisotopic (exact) mass is 348 g/mol. The number of halogens is 1. The summed E-state index contributed by atoms with van der Waals surface area (Å²) in [6.07, 6.45) is 6.52. The smallest absolute Gasteiger partial charge is 0.235 e. The second kappa shape index (κ2) is 4.42. The molecule has 0 amide bonds. The molecule has 0 aliphatic rings. The molecule has 0 spiro atoms. The summed E-state index contributed by atoms with van der Waals surface area (Å²) in [5.74, 6) is 0.561. The van der Waals surface area contributed by atoms with Crippen molar-refractivity contribution < 1.29 is 0 Å². The van der Waals surface area contributed by atoms with Gasteiger partial charge in [0.25, 0.3) is 0 Å². The number of aromatic amines is 1. The average Bonchev–Trinajstić information content (AvgIpc) is 3.13. The van der Waals surface area contributed by atoms with Crippen LogP contribution in [0.4, 0.5) is 0 Å². The van der Waals surface area contributed by atoms with Gasteiger partial charge in [-0.2, -0.15) is 14.7 Å². The van der Waals surface area contributed by atoms with Gasteiger partial charge in [-0.1, -0.05) is 11.3 Å². The van der Waals surface area contributed by atoms with E-state index in [1.807, 2.05) is 0 Å². The van der Waals surface area contributed by atoms with Gasteiger partial charge < -0.3 is 0 Å². The van der Waals surface area contributed by atoms with E-state index >= 15 is 0 Å². The number of fused-ring (bicyclic) bond motifs is 1. The molecule has 0 saturated heterocycles. The van der Waals surface area contributed by atoms with Crippen molar-refractivity contribution in [1.29, 1.82) is 0 Å². The predicted octanol–water partition coefficient (Wildman–Crippen LogP) is 1.80. The average molecular weight is 349 g/mol. The van der Waals surface area contributed by atoms with E-state index in [9.17, 15) is 0 Å². The maximum absolute atomic E-state index is 4.49. The van der Waals surface area contributed by atoms with E-state index in [-0.39, 0.29) is 0 Å². The summed E-state index contributed by atoms with van der Waals surface area (Å²) in [4.78, 5) is 8.92. The number of hydrogen-bond donors (Lipinski definition) is 1. The summed E-state index contributed by atoms with van der Waals surface area (Å²) in [6.45, 7) is 0. The first-order valence-corrected chi connectivity index (χ1v) is 7.12. The fourth-order valence-corrected chi connectivity index (χ4v) is 3.07. The van der Waals surface area contributed by atoms with Crippen LogP contribution in [0.3, 0.4) is 0 Å². The van der Waals surface area contributed by atoms with Crippen LogP contribution in [-0.2, 0) is 0 Å². The molecule has 0 bridgehead atoms. The van der Waals surface area contributed by atoms with Crippen LogP contribution in [-0.4, -0.2) is 40.0 Å². The maximum Gasteiger partial charge on any atom is 0.235 e. The minimum atomic E-state index is 0.561. The highest BCUT2D eigenvalue weighted by molar-refractivity contribution is 9.10. The van der Waals surface area contributed by atoms with Crippen LogP contribution in [0.1, 0.15) is 0 Å². The first-order chi connectivity index (χ1) is 9.83. The van der Waals surface area contributed by atoms with Crippen LogP contribution in [0.15, 0.2) is 29.3 Å². The summed E-state index contributed by atoms with van der Waals surface area (Å²) in [5.41, 5.74) is 1.44. The molecule has 1 N–H and O–H groups in total. The van der Waals surface area contributed by atoms with Crippen LogP contribution >= 0.6 is 27.3 Å². The van der Waals surface area contributed by atoms with Gasteiger partial charge in [0.05, 0.1) is 16.9 Å². The minimum Gasteiger partial charge on any atom is -0.274 e. The Morgan fingerprint density at radius 1 is 1.20 bits per heavy atom. The van der Waals surface area contributed by atoms with Crippen LogP contribution in [0.2, 0.25) is 0 Å². The lowest BCUT2D eigenvalue weighted by atomic mass is 10.4. The lowest BCUT2D eigenvalue weighted by molar-refractivity contribution is 0.952. The largest absolute Gasteiger partial charge is 0.274 e. The molecule has 8 nitrogen and oxygen atoms in total. The fourth-order valence-electron chi connectivity index (χ4n) is 1.71. The number of H-pyrrole nitrogens is 1. The zero-order chi connectivity index (χ0) is 13.5. The molecule has 0 unspecified atom stereocenters. The van der Waals surface area contributed by atoms with E-state index in [1.165, 1.54) is 11.3 Å². The summed E-state index contributed by atoms with van der Waals surface area (Å²) in [6, 6.07) is 0. The predicted molar refractivity (Wildman–Crippen MR) is 75.0 cm³/mol. The quantitative estimate of drug-likeness (QED) is 0.593. The molecule has 0 aromatic carbocycles. The van der Waals surface area contributed by atoms with Crippen molar-refractivity contribution in [2.45, 2.75) is 0 Å². The second-order valence-corrected chi connectivity index (χ2v) is 5.62. The van der Waals surface area contributed by atoms with E-state index in [0.717, 1.165) is 15.2 Å². The molecule has 0 atom stereocenters. The van der Waals surface area contributed by atoms with Gasteiger partial charge in [0.1, 0.15) is 11.4 Å². The maximum atomic E-state index is 4.49. The molecule has 10 heteroatoms. The van der Waals surface area contributed by atoms with Gasteiger partial charge in [-0.25, -0.2) is 4.98 Å². The summed E-state index contributed by atoms with van der Waals surface area (Å²) in [5, 5.41) is 20.3. The number of nitrogens with one attached hydrogen (secondary N) is 1. The van der Waals surface area contributed by atoms with Crippen LogP contribution in [0.5, 0.6) is 0 Å². The van der Waals surface area contributed by atoms with E-state index in [2.05, 4.69) is 51.4 Å².